The number of nitrogens with zero attached hydrogens (tertiary/aromatic N) is 3. The molecule has 4 rings (SSSR count). The standard InChI is InChI=1S/C11H12ClN5O.C7H6/c1-2-17-9(7-4-3-5-8(12)6-7)14-10(16-13)15-11(17)18;1-2-7-4-3-6(1)5-7/h3-6H,2,13H2,1H3,(H,15,16,18);1-4H,5H2. The van der Waals surface area contributed by atoms with Crippen molar-refractivity contribution in [3.63, 3.8) is 0 Å². The van der Waals surface area contributed by atoms with Gasteiger partial charge in [-0.05, 0) is 36.6 Å². The van der Waals surface area contributed by atoms with E-state index in [1.54, 1.807) is 18.2 Å². The fourth-order valence-corrected chi connectivity index (χ4v) is 2.83. The zero-order valence-corrected chi connectivity index (χ0v) is 14.5. The van der Waals surface area contributed by atoms with Crippen molar-refractivity contribution in [2.45, 2.75) is 19.9 Å². The molecule has 128 valence electrons. The van der Waals surface area contributed by atoms with Gasteiger partial charge in [0.25, 0.3) is 0 Å². The van der Waals surface area contributed by atoms with Gasteiger partial charge in [0.05, 0.1) is 0 Å². The lowest BCUT2D eigenvalue weighted by Gasteiger charge is -2.10. The van der Waals surface area contributed by atoms with Gasteiger partial charge >= 0.3 is 5.69 Å². The third-order valence-electron chi connectivity index (χ3n) is 3.86. The van der Waals surface area contributed by atoms with Crippen LogP contribution in [0.4, 0.5) is 5.95 Å². The number of allylic oxidation sites excluding steroid dienone is 6. The highest BCUT2D eigenvalue weighted by Crippen LogP contribution is 2.27. The van der Waals surface area contributed by atoms with E-state index in [1.807, 2.05) is 13.0 Å². The largest absolute Gasteiger partial charge is 0.352 e. The molecule has 1 heterocycles. The predicted molar refractivity (Wildman–Crippen MR) is 100 cm³/mol. The minimum Gasteiger partial charge on any atom is -0.292 e. The summed E-state index contributed by atoms with van der Waals surface area (Å²) in [6.45, 7) is 2.31. The molecule has 6 nitrogen and oxygen atoms in total. The highest BCUT2D eigenvalue weighted by Gasteiger charge is 2.11. The van der Waals surface area contributed by atoms with E-state index in [0.29, 0.717) is 17.4 Å². The number of aromatic nitrogens is 3. The molecule has 1 aromatic heterocycles. The van der Waals surface area contributed by atoms with E-state index in [4.69, 9.17) is 17.4 Å². The van der Waals surface area contributed by atoms with Gasteiger partial charge in [0.1, 0.15) is 5.82 Å². The monoisotopic (exact) mass is 355 g/mol. The molecule has 2 aliphatic rings. The molecular weight excluding hydrogens is 338 g/mol. The second-order valence-electron chi connectivity index (χ2n) is 5.55. The molecule has 3 N–H and O–H groups in total. The summed E-state index contributed by atoms with van der Waals surface area (Å²) in [5.41, 5.74) is 5.54. The summed E-state index contributed by atoms with van der Waals surface area (Å²) in [5.74, 6) is 5.80. The van der Waals surface area contributed by atoms with Gasteiger partial charge in [0.15, 0.2) is 0 Å². The van der Waals surface area contributed by atoms with Crippen molar-refractivity contribution in [2.75, 3.05) is 5.43 Å². The Kier molecular flexibility index (Phi) is 5.11. The Morgan fingerprint density at radius 2 is 1.96 bits per heavy atom. The summed E-state index contributed by atoms with van der Waals surface area (Å²) in [6.07, 6.45) is 9.90. The lowest BCUT2D eigenvalue weighted by atomic mass is 10.2. The van der Waals surface area contributed by atoms with Crippen LogP contribution in [0.3, 0.4) is 0 Å². The number of fused-ring (bicyclic) bond motifs is 2. The quantitative estimate of drug-likeness (QED) is 0.652. The topological polar surface area (TPSA) is 85.8 Å². The van der Waals surface area contributed by atoms with Crippen LogP contribution in [0.25, 0.3) is 11.4 Å². The number of anilines is 1. The van der Waals surface area contributed by atoms with Crippen molar-refractivity contribution in [3.8, 4) is 11.4 Å². The zero-order chi connectivity index (χ0) is 17.8. The van der Waals surface area contributed by atoms with Gasteiger partial charge in [-0.3, -0.25) is 9.99 Å². The van der Waals surface area contributed by atoms with Gasteiger partial charge < -0.3 is 0 Å². The molecule has 0 amide bonds. The van der Waals surface area contributed by atoms with Crippen molar-refractivity contribution < 1.29 is 0 Å². The van der Waals surface area contributed by atoms with Crippen LogP contribution in [-0.4, -0.2) is 14.5 Å². The van der Waals surface area contributed by atoms with E-state index >= 15 is 0 Å². The predicted octanol–water partition coefficient (Wildman–Crippen LogP) is 3.08. The first-order valence-electron chi connectivity index (χ1n) is 7.90. The first-order valence-corrected chi connectivity index (χ1v) is 8.27. The Hall–Kier alpha value is -2.70. The number of nitrogen functional groups attached to an aromatic ring is 1. The van der Waals surface area contributed by atoms with Gasteiger partial charge in [-0.25, -0.2) is 10.6 Å². The number of rotatable bonds is 3. The Bertz CT molecular complexity index is 923. The number of nitrogens with two attached hydrogens (primary N) is 1. The molecule has 0 saturated carbocycles. The molecular formula is C18H18ClN5O. The highest BCUT2D eigenvalue weighted by molar-refractivity contribution is 6.30. The summed E-state index contributed by atoms with van der Waals surface area (Å²) < 4.78 is 1.45. The lowest BCUT2D eigenvalue weighted by Crippen LogP contribution is -2.27. The van der Waals surface area contributed by atoms with Gasteiger partial charge in [-0.1, -0.05) is 48.0 Å². The maximum Gasteiger partial charge on any atom is 0.352 e. The molecule has 0 radical (unpaired) electrons. The molecule has 0 spiro atoms. The van der Waals surface area contributed by atoms with E-state index in [1.165, 1.54) is 22.1 Å². The van der Waals surface area contributed by atoms with E-state index in [-0.39, 0.29) is 5.95 Å². The van der Waals surface area contributed by atoms with Crippen LogP contribution in [0.2, 0.25) is 5.02 Å². The first kappa shape index (κ1) is 17.1. The van der Waals surface area contributed by atoms with Crippen molar-refractivity contribution in [2.24, 2.45) is 5.84 Å². The molecule has 2 aliphatic carbocycles. The van der Waals surface area contributed by atoms with E-state index in [9.17, 15) is 4.79 Å². The smallest absolute Gasteiger partial charge is 0.292 e. The summed E-state index contributed by atoms with van der Waals surface area (Å²) in [4.78, 5) is 19.7. The zero-order valence-electron chi connectivity index (χ0n) is 13.7. The van der Waals surface area contributed by atoms with Crippen LogP contribution in [-0.2, 0) is 6.54 Å². The molecule has 25 heavy (non-hydrogen) atoms. The van der Waals surface area contributed by atoms with Gasteiger partial charge in [0.2, 0.25) is 5.95 Å². The fraction of sp³-hybridized carbons (Fsp3) is 0.167. The number of halogens is 1. The summed E-state index contributed by atoms with van der Waals surface area (Å²) in [6, 6.07) is 7.10. The highest BCUT2D eigenvalue weighted by atomic mass is 35.5. The normalized spacial score (nSPS) is 13.9. The fourth-order valence-electron chi connectivity index (χ4n) is 2.64. The van der Waals surface area contributed by atoms with Crippen LogP contribution in [0.5, 0.6) is 0 Å². The maximum absolute atomic E-state index is 11.8. The summed E-state index contributed by atoms with van der Waals surface area (Å²) in [7, 11) is 0. The Labute approximate surface area is 150 Å². The average Bonchev–Trinajstić information content (AvgIpc) is 3.27. The van der Waals surface area contributed by atoms with Crippen LogP contribution in [0, 0.1) is 0 Å². The molecule has 0 saturated heterocycles. The van der Waals surface area contributed by atoms with Gasteiger partial charge in [-0.15, -0.1) is 0 Å². The minimum absolute atomic E-state index is 0.0830. The van der Waals surface area contributed by atoms with Crippen LogP contribution in [0.1, 0.15) is 13.3 Å². The van der Waals surface area contributed by atoms with E-state index in [2.05, 4.69) is 39.7 Å². The van der Waals surface area contributed by atoms with Gasteiger partial charge in [-0.2, -0.15) is 9.97 Å². The van der Waals surface area contributed by atoms with Crippen LogP contribution in [0.15, 0.2) is 64.5 Å². The number of benzene rings is 1. The molecule has 0 atom stereocenters. The molecule has 0 aliphatic heterocycles. The third kappa shape index (κ3) is 3.87. The molecule has 7 heteroatoms. The lowest BCUT2D eigenvalue weighted by molar-refractivity contribution is 0.687. The molecule has 1 aromatic carbocycles. The molecule has 0 unspecified atom stereocenters. The van der Waals surface area contributed by atoms with Crippen molar-refractivity contribution in [1.82, 2.24) is 14.5 Å². The summed E-state index contributed by atoms with van der Waals surface area (Å²) >= 11 is 5.93. The van der Waals surface area contributed by atoms with Gasteiger partial charge in [0, 0.05) is 17.1 Å². The second-order valence-corrected chi connectivity index (χ2v) is 5.98. The van der Waals surface area contributed by atoms with Crippen molar-refractivity contribution >= 4 is 17.5 Å². The Balaban J connectivity index is 0.000000213. The molecule has 0 fully saturated rings. The number of hydrogen-bond acceptors (Lipinski definition) is 5. The molecule has 2 bridgehead atoms. The van der Waals surface area contributed by atoms with E-state index in [0.717, 1.165) is 5.56 Å². The minimum atomic E-state index is -0.407. The van der Waals surface area contributed by atoms with Crippen LogP contribution >= 0.6 is 11.6 Å². The SMILES string of the molecule is C1=CC2=CC=C1C2.CCn1c(-c2cccc(Cl)c2)nc(NN)nc1=O. The van der Waals surface area contributed by atoms with E-state index < -0.39 is 5.69 Å². The van der Waals surface area contributed by atoms with Crippen molar-refractivity contribution in [3.05, 3.63) is 75.2 Å². The van der Waals surface area contributed by atoms with Crippen molar-refractivity contribution in [1.29, 1.82) is 0 Å². The average molecular weight is 356 g/mol. The first-order chi connectivity index (χ1) is 12.1. The number of hydrogen-bond donors (Lipinski definition) is 2. The third-order valence-corrected chi connectivity index (χ3v) is 4.09. The second kappa shape index (κ2) is 7.46. The molecule has 2 aromatic rings. The number of nitrogens with one attached hydrogen (secondary N) is 1. The maximum atomic E-state index is 11.8. The number of hydrazine groups is 1. The summed E-state index contributed by atoms with van der Waals surface area (Å²) in [5, 5.41) is 0.573. The van der Waals surface area contributed by atoms with Crippen LogP contribution < -0.4 is 17.0 Å². The Morgan fingerprint density at radius 3 is 2.44 bits per heavy atom. The Morgan fingerprint density at radius 1 is 1.24 bits per heavy atom.